The van der Waals surface area contributed by atoms with Crippen LogP contribution >= 0.6 is 11.8 Å². The summed E-state index contributed by atoms with van der Waals surface area (Å²) in [4.78, 5) is 29.0. The maximum atomic E-state index is 12.8. The number of methoxy groups -OCH3 is 1. The fraction of sp³-hybridized carbons (Fsp3) is 0.346. The van der Waals surface area contributed by atoms with Crippen molar-refractivity contribution in [3.8, 4) is 11.1 Å². The number of aromatic nitrogens is 2. The largest absolute Gasteiger partial charge is 0.461 e. The third kappa shape index (κ3) is 6.72. The second-order valence-corrected chi connectivity index (χ2v) is 10.5. The van der Waals surface area contributed by atoms with Crippen molar-refractivity contribution in [3.63, 3.8) is 0 Å². The van der Waals surface area contributed by atoms with Gasteiger partial charge in [-0.25, -0.2) is 27.7 Å². The highest BCUT2D eigenvalue weighted by Crippen LogP contribution is 2.29. The SMILES string of the molecule is CCCCc1nc(SC)c(C(=O)OCC)n1Cc1ccc(-c2ccccc2S(=O)(=O)NC(=O)OC)cc1. The van der Waals surface area contributed by atoms with Crippen molar-refractivity contribution in [2.75, 3.05) is 20.0 Å². The molecule has 0 fully saturated rings. The average Bonchev–Trinajstić information content (AvgIpc) is 3.24. The molecule has 3 aromatic rings. The van der Waals surface area contributed by atoms with E-state index in [1.165, 1.54) is 17.8 Å². The number of rotatable bonds is 11. The lowest BCUT2D eigenvalue weighted by atomic mass is 10.0. The molecule has 1 amide bonds. The van der Waals surface area contributed by atoms with E-state index in [0.29, 0.717) is 28.4 Å². The quantitative estimate of drug-likeness (QED) is 0.268. The molecule has 0 atom stereocenters. The van der Waals surface area contributed by atoms with E-state index >= 15 is 0 Å². The van der Waals surface area contributed by atoms with Crippen LogP contribution in [-0.4, -0.2) is 50.0 Å². The molecule has 0 spiro atoms. The zero-order valence-corrected chi connectivity index (χ0v) is 22.9. The van der Waals surface area contributed by atoms with Gasteiger partial charge in [-0.15, -0.1) is 11.8 Å². The lowest BCUT2D eigenvalue weighted by Gasteiger charge is -2.14. The number of nitrogens with one attached hydrogen (secondary N) is 1. The Morgan fingerprint density at radius 3 is 2.41 bits per heavy atom. The predicted octanol–water partition coefficient (Wildman–Crippen LogP) is 4.88. The molecule has 1 N–H and O–H groups in total. The minimum atomic E-state index is -4.14. The summed E-state index contributed by atoms with van der Waals surface area (Å²) >= 11 is 1.41. The lowest BCUT2D eigenvalue weighted by molar-refractivity contribution is 0.0509. The van der Waals surface area contributed by atoms with E-state index in [2.05, 4.69) is 11.7 Å². The highest BCUT2D eigenvalue weighted by Gasteiger charge is 2.24. The number of unbranched alkanes of at least 4 members (excludes halogenated alkanes) is 1. The van der Waals surface area contributed by atoms with Crippen LogP contribution in [0.25, 0.3) is 11.1 Å². The molecule has 11 heteroatoms. The molecule has 0 aliphatic heterocycles. The van der Waals surface area contributed by atoms with E-state index in [1.807, 2.05) is 39.8 Å². The molecular weight excluding hydrogens is 514 g/mol. The molecule has 2 aromatic carbocycles. The van der Waals surface area contributed by atoms with Gasteiger partial charge in [0.05, 0.1) is 18.6 Å². The van der Waals surface area contributed by atoms with Crippen molar-refractivity contribution in [1.82, 2.24) is 14.3 Å². The molecule has 1 heterocycles. The lowest BCUT2D eigenvalue weighted by Crippen LogP contribution is -2.30. The molecule has 0 unspecified atom stereocenters. The van der Waals surface area contributed by atoms with Gasteiger partial charge in [0.25, 0.3) is 10.0 Å². The Morgan fingerprint density at radius 2 is 1.78 bits per heavy atom. The molecule has 0 aliphatic carbocycles. The molecule has 0 saturated carbocycles. The van der Waals surface area contributed by atoms with Crippen molar-refractivity contribution < 1.29 is 27.5 Å². The van der Waals surface area contributed by atoms with Crippen LogP contribution in [0.4, 0.5) is 4.79 Å². The van der Waals surface area contributed by atoms with E-state index in [9.17, 15) is 18.0 Å². The number of thioether (sulfide) groups is 1. The summed E-state index contributed by atoms with van der Waals surface area (Å²) < 4.78 is 39.0. The normalized spacial score (nSPS) is 11.2. The Labute approximate surface area is 221 Å². The molecule has 1 aromatic heterocycles. The van der Waals surface area contributed by atoms with Crippen LogP contribution in [0.3, 0.4) is 0 Å². The standard InChI is InChI=1S/C26H31N3O6S2/c1-5-7-12-22-27-24(36-4)23(25(30)35-6-2)29(22)17-18-13-15-19(16-14-18)20-10-8-9-11-21(20)37(32,33)28-26(31)34-3/h8-11,13-16H,5-7,12,17H2,1-4H3,(H,28,31). The van der Waals surface area contributed by atoms with Crippen LogP contribution in [0.1, 0.15) is 48.6 Å². The molecule has 37 heavy (non-hydrogen) atoms. The maximum Gasteiger partial charge on any atom is 0.420 e. The number of amides is 1. The number of carbonyl (C=O) groups is 2. The smallest absolute Gasteiger partial charge is 0.420 e. The zero-order chi connectivity index (χ0) is 27.0. The summed E-state index contributed by atoms with van der Waals surface area (Å²) in [7, 11) is -3.04. The third-order valence-electron chi connectivity index (χ3n) is 5.62. The molecule has 0 saturated heterocycles. The Balaban J connectivity index is 1.97. The van der Waals surface area contributed by atoms with E-state index in [-0.39, 0.29) is 11.5 Å². The fourth-order valence-corrected chi connectivity index (χ4v) is 5.56. The number of aryl methyl sites for hydroxylation is 1. The van der Waals surface area contributed by atoms with Gasteiger partial charge in [-0.3, -0.25) is 0 Å². The fourth-order valence-electron chi connectivity index (χ4n) is 3.83. The van der Waals surface area contributed by atoms with Gasteiger partial charge in [0.15, 0.2) is 5.69 Å². The van der Waals surface area contributed by atoms with E-state index in [4.69, 9.17) is 9.72 Å². The number of ether oxygens (including phenoxy) is 2. The highest BCUT2D eigenvalue weighted by molar-refractivity contribution is 7.98. The van der Waals surface area contributed by atoms with Crippen molar-refractivity contribution in [2.24, 2.45) is 0 Å². The van der Waals surface area contributed by atoms with Gasteiger partial charge in [-0.05, 0) is 36.8 Å². The second-order valence-electron chi connectivity index (χ2n) is 8.09. The summed E-state index contributed by atoms with van der Waals surface area (Å²) in [6.07, 6.45) is 3.50. The first-order valence-corrected chi connectivity index (χ1v) is 14.6. The van der Waals surface area contributed by atoms with Crippen LogP contribution in [-0.2, 0) is 32.5 Å². The van der Waals surface area contributed by atoms with Gasteiger partial charge >= 0.3 is 12.1 Å². The van der Waals surface area contributed by atoms with Gasteiger partial charge in [0, 0.05) is 18.5 Å². The molecule has 0 radical (unpaired) electrons. The Morgan fingerprint density at radius 1 is 1.08 bits per heavy atom. The zero-order valence-electron chi connectivity index (χ0n) is 21.3. The number of carbonyl (C=O) groups excluding carboxylic acids is 2. The number of esters is 1. The topological polar surface area (TPSA) is 117 Å². The first-order valence-electron chi connectivity index (χ1n) is 11.8. The summed E-state index contributed by atoms with van der Waals surface area (Å²) in [6.45, 7) is 4.55. The Bertz CT molecular complexity index is 1350. The summed E-state index contributed by atoms with van der Waals surface area (Å²) in [5.41, 5.74) is 2.44. The predicted molar refractivity (Wildman–Crippen MR) is 142 cm³/mol. The van der Waals surface area contributed by atoms with Gasteiger partial charge < -0.3 is 14.0 Å². The van der Waals surface area contributed by atoms with E-state index in [0.717, 1.165) is 37.8 Å². The summed E-state index contributed by atoms with van der Waals surface area (Å²) in [5, 5.41) is 0.637. The van der Waals surface area contributed by atoms with E-state index in [1.54, 1.807) is 25.1 Å². The van der Waals surface area contributed by atoms with Crippen molar-refractivity contribution in [3.05, 3.63) is 65.6 Å². The molecule has 0 bridgehead atoms. The molecule has 3 rings (SSSR count). The van der Waals surface area contributed by atoms with Gasteiger partial charge in [0.1, 0.15) is 10.9 Å². The van der Waals surface area contributed by atoms with Crippen LogP contribution in [0.15, 0.2) is 58.5 Å². The number of nitrogens with zero attached hydrogens (tertiary/aromatic N) is 2. The first kappa shape index (κ1) is 28.3. The van der Waals surface area contributed by atoms with Crippen LogP contribution < -0.4 is 4.72 Å². The minimum Gasteiger partial charge on any atom is -0.461 e. The number of imidazole rings is 1. The Kier molecular flexibility index (Phi) is 9.76. The monoisotopic (exact) mass is 545 g/mol. The average molecular weight is 546 g/mol. The number of hydrogen-bond donors (Lipinski definition) is 1. The van der Waals surface area contributed by atoms with Crippen molar-refractivity contribution in [2.45, 2.75) is 49.6 Å². The number of sulfonamides is 1. The van der Waals surface area contributed by atoms with Crippen molar-refractivity contribution >= 4 is 33.8 Å². The van der Waals surface area contributed by atoms with Gasteiger partial charge in [-0.1, -0.05) is 55.8 Å². The maximum absolute atomic E-state index is 12.8. The van der Waals surface area contributed by atoms with Gasteiger partial charge in [-0.2, -0.15) is 0 Å². The number of hydrogen-bond acceptors (Lipinski definition) is 8. The number of benzene rings is 2. The van der Waals surface area contributed by atoms with Crippen LogP contribution in [0.2, 0.25) is 0 Å². The summed E-state index contributed by atoms with van der Waals surface area (Å²) in [6, 6.07) is 13.8. The minimum absolute atomic E-state index is 0.0428. The third-order valence-corrected chi connectivity index (χ3v) is 7.66. The molecule has 9 nitrogen and oxygen atoms in total. The Hall–Kier alpha value is -3.31. The highest BCUT2D eigenvalue weighted by atomic mass is 32.2. The molecular formula is C26H31N3O6S2. The van der Waals surface area contributed by atoms with E-state index < -0.39 is 22.1 Å². The van der Waals surface area contributed by atoms with Crippen LogP contribution in [0.5, 0.6) is 0 Å². The first-order chi connectivity index (χ1) is 17.7. The van der Waals surface area contributed by atoms with Crippen molar-refractivity contribution in [1.29, 1.82) is 0 Å². The molecule has 198 valence electrons. The van der Waals surface area contributed by atoms with Crippen LogP contribution in [0, 0.1) is 0 Å². The second kappa shape index (κ2) is 12.8. The molecule has 0 aliphatic rings. The summed E-state index contributed by atoms with van der Waals surface area (Å²) in [5.74, 6) is 0.416. The van der Waals surface area contributed by atoms with Gasteiger partial charge in [0.2, 0.25) is 0 Å².